The first-order valence-corrected chi connectivity index (χ1v) is 9.49. The van der Waals surface area contributed by atoms with Crippen LogP contribution in [0.2, 0.25) is 0 Å². The van der Waals surface area contributed by atoms with Crippen LogP contribution in [0.4, 0.5) is 4.39 Å². The van der Waals surface area contributed by atoms with Gasteiger partial charge < -0.3 is 9.63 Å². The van der Waals surface area contributed by atoms with Crippen molar-refractivity contribution < 1.29 is 14.0 Å². The van der Waals surface area contributed by atoms with E-state index in [-0.39, 0.29) is 35.0 Å². The lowest BCUT2D eigenvalue weighted by atomic mass is 10.1. The van der Waals surface area contributed by atoms with Gasteiger partial charge in [0.2, 0.25) is 5.82 Å². The number of benzene rings is 1. The number of hydrogen-bond acceptors (Lipinski definition) is 7. The van der Waals surface area contributed by atoms with Gasteiger partial charge in [-0.1, -0.05) is 17.3 Å². The molecule has 0 radical (unpaired) electrons. The SMILES string of the molecule is CC(C)(O)c1noc(-c2ncn3c2c(=O)n(Cc2ccccn2)c2c(F)cccc23)n1. The number of para-hydroxylation sites is 1. The lowest BCUT2D eigenvalue weighted by Crippen LogP contribution is -2.24. The molecular weight excluding hydrogens is 403 g/mol. The van der Waals surface area contributed by atoms with Crippen molar-refractivity contribution in [2.75, 3.05) is 0 Å². The van der Waals surface area contributed by atoms with Crippen LogP contribution in [-0.4, -0.2) is 34.2 Å². The smallest absolute Gasteiger partial charge is 0.279 e. The molecular formula is C21H17FN6O3. The minimum absolute atomic E-state index is 0.0168. The normalized spacial score (nSPS) is 12.1. The van der Waals surface area contributed by atoms with Gasteiger partial charge in [-0.05, 0) is 38.1 Å². The van der Waals surface area contributed by atoms with Gasteiger partial charge in [0, 0.05) is 6.20 Å². The van der Waals surface area contributed by atoms with Crippen molar-refractivity contribution in [2.24, 2.45) is 0 Å². The molecule has 0 aliphatic carbocycles. The van der Waals surface area contributed by atoms with Crippen molar-refractivity contribution >= 4 is 16.6 Å². The van der Waals surface area contributed by atoms with Gasteiger partial charge in [0.15, 0.2) is 5.69 Å². The van der Waals surface area contributed by atoms with Crippen LogP contribution in [0.15, 0.2) is 58.2 Å². The number of nitrogens with zero attached hydrogens (tertiary/aromatic N) is 6. The fourth-order valence-corrected chi connectivity index (χ4v) is 3.46. The highest BCUT2D eigenvalue weighted by Crippen LogP contribution is 2.26. The molecule has 4 aromatic heterocycles. The molecule has 0 saturated carbocycles. The number of fused-ring (bicyclic) bond motifs is 3. The number of aliphatic hydroxyl groups is 1. The average molecular weight is 420 g/mol. The van der Waals surface area contributed by atoms with Crippen molar-refractivity contribution in [3.05, 3.63) is 76.6 Å². The number of imidazole rings is 1. The maximum atomic E-state index is 14.8. The zero-order valence-electron chi connectivity index (χ0n) is 16.7. The van der Waals surface area contributed by atoms with E-state index >= 15 is 0 Å². The molecule has 0 aliphatic rings. The van der Waals surface area contributed by atoms with E-state index in [4.69, 9.17) is 4.52 Å². The molecule has 0 spiro atoms. The van der Waals surface area contributed by atoms with E-state index in [0.29, 0.717) is 11.2 Å². The molecule has 5 rings (SSSR count). The molecule has 0 atom stereocenters. The Morgan fingerprint density at radius 1 is 1.13 bits per heavy atom. The van der Waals surface area contributed by atoms with Crippen LogP contribution in [0.3, 0.4) is 0 Å². The van der Waals surface area contributed by atoms with E-state index in [0.717, 1.165) is 0 Å². The number of pyridine rings is 1. The second kappa shape index (κ2) is 6.81. The van der Waals surface area contributed by atoms with Gasteiger partial charge in [0.1, 0.15) is 28.8 Å². The van der Waals surface area contributed by atoms with E-state index in [1.165, 1.54) is 35.2 Å². The number of aromatic nitrogens is 6. The first kappa shape index (κ1) is 19.1. The number of rotatable bonds is 4. The van der Waals surface area contributed by atoms with Gasteiger partial charge in [-0.2, -0.15) is 4.98 Å². The highest BCUT2D eigenvalue weighted by atomic mass is 19.1. The molecule has 0 saturated heterocycles. The third-order valence-electron chi connectivity index (χ3n) is 4.93. The quantitative estimate of drug-likeness (QED) is 0.475. The van der Waals surface area contributed by atoms with E-state index in [9.17, 15) is 14.3 Å². The molecule has 4 heterocycles. The molecule has 31 heavy (non-hydrogen) atoms. The van der Waals surface area contributed by atoms with Gasteiger partial charge in [0.05, 0.1) is 17.8 Å². The molecule has 9 nitrogen and oxygen atoms in total. The molecule has 10 heteroatoms. The largest absolute Gasteiger partial charge is 0.382 e. The molecule has 0 aliphatic heterocycles. The lowest BCUT2D eigenvalue weighted by molar-refractivity contribution is 0.0661. The summed E-state index contributed by atoms with van der Waals surface area (Å²) in [5.74, 6) is -0.494. The molecule has 0 fully saturated rings. The van der Waals surface area contributed by atoms with Crippen LogP contribution in [0, 0.1) is 5.82 Å². The van der Waals surface area contributed by atoms with E-state index in [1.54, 1.807) is 36.5 Å². The Bertz CT molecular complexity index is 1480. The zero-order chi connectivity index (χ0) is 21.8. The summed E-state index contributed by atoms with van der Waals surface area (Å²) in [7, 11) is 0. The summed E-state index contributed by atoms with van der Waals surface area (Å²) < 4.78 is 22.9. The molecule has 1 aromatic carbocycles. The summed E-state index contributed by atoms with van der Waals surface area (Å²) in [6.07, 6.45) is 3.02. The predicted octanol–water partition coefficient (Wildman–Crippen LogP) is 2.51. The maximum Gasteiger partial charge on any atom is 0.279 e. The molecule has 0 bridgehead atoms. The number of halogens is 1. The van der Waals surface area contributed by atoms with Crippen molar-refractivity contribution in [3.63, 3.8) is 0 Å². The van der Waals surface area contributed by atoms with E-state index < -0.39 is 17.0 Å². The Balaban J connectivity index is 1.81. The minimum Gasteiger partial charge on any atom is -0.382 e. The van der Waals surface area contributed by atoms with Crippen molar-refractivity contribution in [2.45, 2.75) is 26.0 Å². The van der Waals surface area contributed by atoms with Crippen molar-refractivity contribution in [3.8, 4) is 11.6 Å². The summed E-state index contributed by atoms with van der Waals surface area (Å²) in [6, 6.07) is 9.87. The first-order valence-electron chi connectivity index (χ1n) is 9.49. The molecule has 0 amide bonds. The van der Waals surface area contributed by atoms with Gasteiger partial charge in [-0.15, -0.1) is 0 Å². The Labute approximate surface area is 174 Å². The van der Waals surface area contributed by atoms with Crippen LogP contribution in [0.5, 0.6) is 0 Å². The Morgan fingerprint density at radius 3 is 2.68 bits per heavy atom. The highest BCUT2D eigenvalue weighted by molar-refractivity contribution is 5.83. The number of hydrogen-bond donors (Lipinski definition) is 1. The van der Waals surface area contributed by atoms with Crippen molar-refractivity contribution in [1.82, 2.24) is 29.1 Å². The molecule has 1 N–H and O–H groups in total. The maximum absolute atomic E-state index is 14.8. The van der Waals surface area contributed by atoms with Crippen LogP contribution in [-0.2, 0) is 12.1 Å². The second-order valence-corrected chi connectivity index (χ2v) is 7.61. The van der Waals surface area contributed by atoms with Crippen LogP contribution in [0.25, 0.3) is 28.1 Å². The third kappa shape index (κ3) is 3.08. The van der Waals surface area contributed by atoms with Gasteiger partial charge in [-0.3, -0.25) is 18.7 Å². The van der Waals surface area contributed by atoms with Gasteiger partial charge in [-0.25, -0.2) is 9.37 Å². The second-order valence-electron chi connectivity index (χ2n) is 7.61. The summed E-state index contributed by atoms with van der Waals surface area (Å²) in [4.78, 5) is 26.3. The highest BCUT2D eigenvalue weighted by Gasteiger charge is 2.27. The molecule has 156 valence electrons. The fraction of sp³-hybridized carbons (Fsp3) is 0.190. The van der Waals surface area contributed by atoms with Gasteiger partial charge in [0.25, 0.3) is 11.4 Å². The minimum atomic E-state index is -1.33. The standard InChI is InChI=1S/C21H17FN6O3/c1-21(2,30)20-25-18(31-26-20)15-17-19(29)27(10-12-6-3-4-9-23-12)16-13(22)7-5-8-14(16)28(17)11-24-15/h3-9,11,30H,10H2,1-2H3. The summed E-state index contributed by atoms with van der Waals surface area (Å²) in [5.41, 5.74) is -0.329. The molecule has 5 aromatic rings. The summed E-state index contributed by atoms with van der Waals surface area (Å²) in [6.45, 7) is 3.10. The molecule has 0 unspecified atom stereocenters. The Morgan fingerprint density at radius 2 is 1.97 bits per heavy atom. The summed E-state index contributed by atoms with van der Waals surface area (Å²) >= 11 is 0. The van der Waals surface area contributed by atoms with Crippen LogP contribution in [0.1, 0.15) is 25.4 Å². The third-order valence-corrected chi connectivity index (χ3v) is 4.93. The predicted molar refractivity (Wildman–Crippen MR) is 109 cm³/mol. The lowest BCUT2D eigenvalue weighted by Gasteiger charge is -2.13. The first-order chi connectivity index (χ1) is 14.8. The Kier molecular flexibility index (Phi) is 4.19. The van der Waals surface area contributed by atoms with Crippen LogP contribution < -0.4 is 5.56 Å². The average Bonchev–Trinajstić information content (AvgIpc) is 3.39. The summed E-state index contributed by atoms with van der Waals surface area (Å²) in [5, 5.41) is 13.9. The van der Waals surface area contributed by atoms with E-state index in [1.807, 2.05) is 0 Å². The van der Waals surface area contributed by atoms with Gasteiger partial charge >= 0.3 is 0 Å². The zero-order valence-corrected chi connectivity index (χ0v) is 16.7. The van der Waals surface area contributed by atoms with Crippen molar-refractivity contribution in [1.29, 1.82) is 0 Å². The Hall–Kier alpha value is -3.92. The van der Waals surface area contributed by atoms with Crippen LogP contribution >= 0.6 is 0 Å². The monoisotopic (exact) mass is 420 g/mol. The van der Waals surface area contributed by atoms with E-state index in [2.05, 4.69) is 20.1 Å². The topological polar surface area (TPSA) is 111 Å². The fourth-order valence-electron chi connectivity index (χ4n) is 3.46.